The first kappa shape index (κ1) is 21.6. The van der Waals surface area contributed by atoms with Crippen molar-refractivity contribution < 1.29 is 0 Å². The molecule has 0 spiro atoms. The highest BCUT2D eigenvalue weighted by Crippen LogP contribution is 2.36. The molecule has 0 saturated heterocycles. The number of aromatic amines is 1. The molecule has 7 nitrogen and oxygen atoms in total. The Morgan fingerprint density at radius 2 is 1.91 bits per heavy atom. The highest BCUT2D eigenvalue weighted by Gasteiger charge is 2.34. The van der Waals surface area contributed by atoms with Gasteiger partial charge in [0.05, 0.1) is 6.54 Å². The zero-order valence-electron chi connectivity index (χ0n) is 19.5. The molecule has 172 valence electrons. The Morgan fingerprint density at radius 3 is 2.64 bits per heavy atom. The molecule has 0 radical (unpaired) electrons. The Balaban J connectivity index is 1.52. The molecule has 2 aromatic heterocycles. The molecule has 7 heteroatoms. The first-order valence-electron chi connectivity index (χ1n) is 11.9. The van der Waals surface area contributed by atoms with Crippen molar-refractivity contribution in [1.82, 2.24) is 24.0 Å². The summed E-state index contributed by atoms with van der Waals surface area (Å²) in [6, 6.07) is 15.8. The van der Waals surface area contributed by atoms with E-state index in [-0.39, 0.29) is 17.3 Å². The molecule has 1 aliphatic rings. The average Bonchev–Trinajstić information content (AvgIpc) is 3.60. The second-order valence-electron chi connectivity index (χ2n) is 9.21. The quantitative estimate of drug-likeness (QED) is 0.443. The maximum absolute atomic E-state index is 12.6. The molecule has 1 unspecified atom stereocenters. The van der Waals surface area contributed by atoms with Crippen LogP contribution in [0.3, 0.4) is 0 Å². The minimum Gasteiger partial charge on any atom is -0.324 e. The summed E-state index contributed by atoms with van der Waals surface area (Å²) >= 11 is 0. The summed E-state index contributed by atoms with van der Waals surface area (Å²) in [5.74, 6) is 0.811. The monoisotopic (exact) mass is 445 g/mol. The number of hydrogen-bond acceptors (Lipinski definition) is 4. The van der Waals surface area contributed by atoms with Gasteiger partial charge >= 0.3 is 5.69 Å². The molecule has 0 aliphatic heterocycles. The van der Waals surface area contributed by atoms with Gasteiger partial charge in [0, 0.05) is 25.7 Å². The minimum atomic E-state index is -0.380. The normalized spacial score (nSPS) is 15.0. The summed E-state index contributed by atoms with van der Waals surface area (Å²) in [5.41, 5.74) is 1.48. The molecule has 2 aromatic carbocycles. The van der Waals surface area contributed by atoms with Crippen LogP contribution in [0.5, 0.6) is 0 Å². The van der Waals surface area contributed by atoms with Gasteiger partial charge in [-0.3, -0.25) is 19.2 Å². The molecule has 1 fully saturated rings. The second-order valence-corrected chi connectivity index (χ2v) is 9.21. The fraction of sp³-hybridized carbons (Fsp3) is 0.423. The lowest BCUT2D eigenvalue weighted by Crippen LogP contribution is -2.31. The van der Waals surface area contributed by atoms with E-state index >= 15 is 0 Å². The summed E-state index contributed by atoms with van der Waals surface area (Å²) in [5, 5.41) is 2.48. The third-order valence-electron chi connectivity index (χ3n) is 6.93. The van der Waals surface area contributed by atoms with Crippen LogP contribution in [0.4, 0.5) is 0 Å². The van der Waals surface area contributed by atoms with Gasteiger partial charge in [0.1, 0.15) is 5.82 Å². The SMILES string of the molecule is CCCCn1c(=O)[nH]c(=O)c2c1nc(CN(C1CC1)C(C)c1ccc3ccccc3c1)n2C. The summed E-state index contributed by atoms with van der Waals surface area (Å²) in [6.07, 6.45) is 4.17. The minimum absolute atomic E-state index is 0.211. The highest BCUT2D eigenvalue weighted by molar-refractivity contribution is 5.83. The third-order valence-corrected chi connectivity index (χ3v) is 6.93. The maximum Gasteiger partial charge on any atom is 0.330 e. The van der Waals surface area contributed by atoms with Gasteiger partial charge in [-0.05, 0) is 48.6 Å². The number of aryl methyl sites for hydroxylation is 2. The summed E-state index contributed by atoms with van der Waals surface area (Å²) < 4.78 is 3.47. The molecule has 1 aliphatic carbocycles. The molecule has 5 rings (SSSR count). The van der Waals surface area contributed by atoms with Gasteiger partial charge in [-0.15, -0.1) is 0 Å². The Kier molecular flexibility index (Phi) is 5.66. The maximum atomic E-state index is 12.6. The van der Waals surface area contributed by atoms with Crippen LogP contribution in [0, 0.1) is 0 Å². The molecule has 2 heterocycles. The van der Waals surface area contributed by atoms with Gasteiger partial charge < -0.3 is 4.57 Å². The van der Waals surface area contributed by atoms with Crippen LogP contribution in [0.1, 0.15) is 57.0 Å². The van der Waals surface area contributed by atoms with Gasteiger partial charge in [0.2, 0.25) is 0 Å². The van der Waals surface area contributed by atoms with Crippen molar-refractivity contribution in [3.05, 3.63) is 74.7 Å². The molecule has 0 bridgehead atoms. The Hall–Kier alpha value is -3.19. The number of rotatable bonds is 8. The summed E-state index contributed by atoms with van der Waals surface area (Å²) in [4.78, 5) is 34.9. The fourth-order valence-electron chi connectivity index (χ4n) is 4.77. The van der Waals surface area contributed by atoms with E-state index in [0.717, 1.165) is 18.7 Å². The van der Waals surface area contributed by atoms with Crippen LogP contribution in [0.15, 0.2) is 52.1 Å². The number of unbranched alkanes of at least 4 members (excludes halogenated alkanes) is 1. The smallest absolute Gasteiger partial charge is 0.324 e. The molecular weight excluding hydrogens is 414 g/mol. The number of nitrogens with one attached hydrogen (secondary N) is 1. The van der Waals surface area contributed by atoms with Crippen LogP contribution < -0.4 is 11.2 Å². The Morgan fingerprint density at radius 1 is 1.15 bits per heavy atom. The largest absolute Gasteiger partial charge is 0.330 e. The summed E-state index contributed by atoms with van der Waals surface area (Å²) in [7, 11) is 1.88. The van der Waals surface area contributed by atoms with Crippen LogP contribution in [-0.4, -0.2) is 30.0 Å². The van der Waals surface area contributed by atoms with E-state index in [1.165, 1.54) is 29.2 Å². The van der Waals surface area contributed by atoms with Gasteiger partial charge in [-0.1, -0.05) is 49.7 Å². The molecular formula is C26H31N5O2. The topological polar surface area (TPSA) is 75.9 Å². The number of H-pyrrole nitrogens is 1. The Labute approximate surface area is 192 Å². The number of nitrogens with zero attached hydrogens (tertiary/aromatic N) is 4. The van der Waals surface area contributed by atoms with E-state index in [1.807, 2.05) is 11.6 Å². The number of imidazole rings is 1. The van der Waals surface area contributed by atoms with E-state index in [0.29, 0.717) is 30.3 Å². The first-order valence-corrected chi connectivity index (χ1v) is 11.9. The highest BCUT2D eigenvalue weighted by atomic mass is 16.2. The van der Waals surface area contributed by atoms with Gasteiger partial charge in [-0.2, -0.15) is 0 Å². The molecule has 4 aromatic rings. The lowest BCUT2D eigenvalue weighted by atomic mass is 10.0. The van der Waals surface area contributed by atoms with E-state index in [2.05, 4.69) is 66.2 Å². The van der Waals surface area contributed by atoms with Crippen molar-refractivity contribution in [3.8, 4) is 0 Å². The van der Waals surface area contributed by atoms with Gasteiger partial charge in [0.15, 0.2) is 11.2 Å². The predicted octanol–water partition coefficient (Wildman–Crippen LogP) is 4.10. The van der Waals surface area contributed by atoms with Crippen LogP contribution in [0.2, 0.25) is 0 Å². The Bertz CT molecular complexity index is 1430. The zero-order valence-corrected chi connectivity index (χ0v) is 19.5. The van der Waals surface area contributed by atoms with Crippen molar-refractivity contribution in [2.45, 2.75) is 64.7 Å². The van der Waals surface area contributed by atoms with Crippen molar-refractivity contribution in [1.29, 1.82) is 0 Å². The number of aromatic nitrogens is 4. The van der Waals surface area contributed by atoms with E-state index in [1.54, 1.807) is 4.57 Å². The first-order chi connectivity index (χ1) is 16.0. The van der Waals surface area contributed by atoms with Crippen molar-refractivity contribution >= 4 is 21.9 Å². The second kappa shape index (κ2) is 8.63. The molecule has 0 amide bonds. The zero-order chi connectivity index (χ0) is 23.1. The average molecular weight is 446 g/mol. The van der Waals surface area contributed by atoms with Crippen LogP contribution >= 0.6 is 0 Å². The molecule has 1 N–H and O–H groups in total. The predicted molar refractivity (Wildman–Crippen MR) is 131 cm³/mol. The molecule has 1 atom stereocenters. The van der Waals surface area contributed by atoms with E-state index < -0.39 is 0 Å². The molecule has 1 saturated carbocycles. The number of benzene rings is 2. The molecule has 33 heavy (non-hydrogen) atoms. The van der Waals surface area contributed by atoms with Crippen LogP contribution in [0.25, 0.3) is 21.9 Å². The van der Waals surface area contributed by atoms with Crippen molar-refractivity contribution in [2.75, 3.05) is 0 Å². The van der Waals surface area contributed by atoms with Gasteiger partial charge in [-0.25, -0.2) is 9.78 Å². The standard InChI is InChI=1S/C26H31N5O2/c1-4-5-14-30-24-23(25(32)28-26(30)33)29(3)22(27-24)16-31(21-12-13-21)17(2)19-11-10-18-8-6-7-9-20(18)15-19/h6-11,15,17,21H,4-5,12-14,16H2,1-3H3,(H,28,32,33). The lowest BCUT2D eigenvalue weighted by molar-refractivity contribution is 0.184. The van der Waals surface area contributed by atoms with E-state index in [9.17, 15) is 9.59 Å². The number of fused-ring (bicyclic) bond motifs is 2. The van der Waals surface area contributed by atoms with E-state index in [4.69, 9.17) is 4.98 Å². The fourth-order valence-corrected chi connectivity index (χ4v) is 4.77. The van der Waals surface area contributed by atoms with Crippen molar-refractivity contribution in [2.24, 2.45) is 7.05 Å². The van der Waals surface area contributed by atoms with Crippen molar-refractivity contribution in [3.63, 3.8) is 0 Å². The lowest BCUT2D eigenvalue weighted by Gasteiger charge is -2.29. The van der Waals surface area contributed by atoms with Gasteiger partial charge in [0.25, 0.3) is 5.56 Å². The number of hydrogen-bond donors (Lipinski definition) is 1. The summed E-state index contributed by atoms with van der Waals surface area (Å²) in [6.45, 7) is 5.51. The third kappa shape index (κ3) is 4.02. The van der Waals surface area contributed by atoms with Crippen LogP contribution in [-0.2, 0) is 20.1 Å².